The van der Waals surface area contributed by atoms with Crippen molar-refractivity contribution in [2.24, 2.45) is 5.92 Å². The van der Waals surface area contributed by atoms with Gasteiger partial charge < -0.3 is 20.9 Å². The molecule has 1 aliphatic carbocycles. The fourth-order valence-corrected chi connectivity index (χ4v) is 3.87. The number of rotatable bonds is 6. The van der Waals surface area contributed by atoms with Crippen LogP contribution in [0.15, 0.2) is 24.3 Å². The maximum atomic E-state index is 12.9. The minimum Gasteiger partial charge on any atom is -0.363 e. The summed E-state index contributed by atoms with van der Waals surface area (Å²) in [6.07, 6.45) is 3.70. The van der Waals surface area contributed by atoms with Gasteiger partial charge in [0.15, 0.2) is 5.11 Å². The van der Waals surface area contributed by atoms with Gasteiger partial charge in [-0.2, -0.15) is 0 Å². The maximum Gasteiger partial charge on any atom is 0.251 e. The molecule has 28 heavy (non-hydrogen) atoms. The number of hydrogen-bond donors (Lipinski definition) is 3. The van der Waals surface area contributed by atoms with E-state index in [2.05, 4.69) is 20.9 Å². The van der Waals surface area contributed by atoms with Crippen LogP contribution in [0, 0.1) is 12.8 Å². The molecule has 0 bridgehead atoms. The molecule has 1 aliphatic heterocycles. The molecule has 3 N–H and O–H groups in total. The third-order valence-electron chi connectivity index (χ3n) is 5.43. The number of carbonyl (C=O) groups is 2. The molecule has 0 unspecified atom stereocenters. The zero-order chi connectivity index (χ0) is 20.1. The molecule has 0 spiro atoms. The van der Waals surface area contributed by atoms with E-state index in [9.17, 15) is 9.59 Å². The van der Waals surface area contributed by atoms with E-state index in [1.165, 1.54) is 0 Å². The molecule has 2 aliphatic rings. The van der Waals surface area contributed by atoms with Crippen LogP contribution < -0.4 is 16.0 Å². The van der Waals surface area contributed by atoms with Crippen LogP contribution in [0.5, 0.6) is 0 Å². The summed E-state index contributed by atoms with van der Waals surface area (Å²) in [6.45, 7) is 6.41. The number of nitrogens with zero attached hydrogens (tertiary/aromatic N) is 1. The van der Waals surface area contributed by atoms with Crippen LogP contribution in [0.1, 0.15) is 48.5 Å². The van der Waals surface area contributed by atoms with Gasteiger partial charge >= 0.3 is 0 Å². The minimum absolute atomic E-state index is 0.0596. The first-order chi connectivity index (χ1) is 13.5. The predicted molar refractivity (Wildman–Crippen MR) is 114 cm³/mol. The van der Waals surface area contributed by atoms with Gasteiger partial charge in [0.2, 0.25) is 5.91 Å². The summed E-state index contributed by atoms with van der Waals surface area (Å²) < 4.78 is 0. The van der Waals surface area contributed by atoms with Gasteiger partial charge in [0.05, 0.1) is 0 Å². The predicted octanol–water partition coefficient (Wildman–Crippen LogP) is 1.98. The molecule has 152 valence electrons. The lowest BCUT2D eigenvalue weighted by atomic mass is 9.88. The molecule has 2 fully saturated rings. The van der Waals surface area contributed by atoms with Crippen molar-refractivity contribution in [1.29, 1.82) is 0 Å². The Labute approximate surface area is 172 Å². The first-order valence-corrected chi connectivity index (χ1v) is 10.6. The molecular weight excluding hydrogens is 372 g/mol. The summed E-state index contributed by atoms with van der Waals surface area (Å²) in [6, 6.07) is 7.19. The normalized spacial score (nSPS) is 18.3. The molecule has 1 aromatic carbocycles. The van der Waals surface area contributed by atoms with E-state index in [0.717, 1.165) is 56.0 Å². The highest BCUT2D eigenvalue weighted by atomic mass is 32.1. The Balaban J connectivity index is 1.65. The Morgan fingerprint density at radius 2 is 1.79 bits per heavy atom. The summed E-state index contributed by atoms with van der Waals surface area (Å²) >= 11 is 5.40. The number of hydrogen-bond acceptors (Lipinski definition) is 3. The van der Waals surface area contributed by atoms with E-state index in [1.54, 1.807) is 12.1 Å². The van der Waals surface area contributed by atoms with Crippen LogP contribution in [-0.4, -0.2) is 53.5 Å². The van der Waals surface area contributed by atoms with Crippen LogP contribution in [0.3, 0.4) is 0 Å². The summed E-state index contributed by atoms with van der Waals surface area (Å²) in [4.78, 5) is 27.7. The largest absolute Gasteiger partial charge is 0.363 e. The molecular formula is C21H30N4O2S. The zero-order valence-corrected chi connectivity index (χ0v) is 17.5. The molecule has 1 atom stereocenters. The fourth-order valence-electron chi connectivity index (χ4n) is 3.54. The Morgan fingerprint density at radius 1 is 1.14 bits per heavy atom. The van der Waals surface area contributed by atoms with Gasteiger partial charge in [0, 0.05) is 31.2 Å². The molecule has 0 radical (unpaired) electrons. The van der Waals surface area contributed by atoms with E-state index < -0.39 is 6.04 Å². The van der Waals surface area contributed by atoms with Crippen molar-refractivity contribution in [2.75, 3.05) is 19.6 Å². The third kappa shape index (κ3) is 5.44. The molecule has 1 aromatic rings. The van der Waals surface area contributed by atoms with Crippen molar-refractivity contribution in [3.63, 3.8) is 0 Å². The monoisotopic (exact) mass is 402 g/mol. The number of nitrogens with one attached hydrogen (secondary N) is 3. The molecule has 2 amide bonds. The minimum atomic E-state index is -0.510. The second-order valence-electron chi connectivity index (χ2n) is 7.76. The number of amides is 2. The van der Waals surface area contributed by atoms with Crippen LogP contribution in [0.25, 0.3) is 0 Å². The Bertz CT molecular complexity index is 710. The van der Waals surface area contributed by atoms with Crippen molar-refractivity contribution in [3.8, 4) is 0 Å². The molecule has 7 heteroatoms. The summed E-state index contributed by atoms with van der Waals surface area (Å²) in [7, 11) is 0. The number of aryl methyl sites for hydroxylation is 1. The van der Waals surface area contributed by atoms with Crippen LogP contribution >= 0.6 is 12.2 Å². The van der Waals surface area contributed by atoms with Crippen molar-refractivity contribution in [3.05, 3.63) is 35.4 Å². The average molecular weight is 403 g/mol. The first kappa shape index (κ1) is 20.6. The number of likely N-dealkylation sites (tertiary alicyclic amines) is 1. The Kier molecular flexibility index (Phi) is 6.88. The number of carbonyl (C=O) groups excluding carboxylic acids is 2. The first-order valence-electron chi connectivity index (χ1n) is 10.2. The molecule has 1 saturated heterocycles. The molecule has 1 heterocycles. The molecule has 3 rings (SSSR count). The second kappa shape index (κ2) is 9.37. The van der Waals surface area contributed by atoms with Gasteiger partial charge in [0.25, 0.3) is 5.91 Å². The molecule has 6 nitrogen and oxygen atoms in total. The van der Waals surface area contributed by atoms with Crippen LogP contribution in [-0.2, 0) is 4.79 Å². The van der Waals surface area contributed by atoms with E-state index >= 15 is 0 Å². The van der Waals surface area contributed by atoms with Crippen molar-refractivity contribution >= 4 is 29.1 Å². The average Bonchev–Trinajstić information content (AvgIpc) is 3.50. The highest BCUT2D eigenvalue weighted by Crippen LogP contribution is 2.24. The Hall–Kier alpha value is -2.15. The Morgan fingerprint density at radius 3 is 2.36 bits per heavy atom. The fraction of sp³-hybridized carbons (Fsp3) is 0.571. The van der Waals surface area contributed by atoms with Crippen molar-refractivity contribution in [2.45, 2.75) is 51.6 Å². The van der Waals surface area contributed by atoms with Gasteiger partial charge in [-0.15, -0.1) is 0 Å². The zero-order valence-electron chi connectivity index (χ0n) is 16.7. The molecule has 1 saturated carbocycles. The van der Waals surface area contributed by atoms with Gasteiger partial charge in [0.1, 0.15) is 6.04 Å². The lowest BCUT2D eigenvalue weighted by Crippen LogP contribution is -2.54. The highest BCUT2D eigenvalue weighted by Gasteiger charge is 2.35. The number of piperidine rings is 1. The van der Waals surface area contributed by atoms with E-state index in [-0.39, 0.29) is 23.8 Å². The lowest BCUT2D eigenvalue weighted by Gasteiger charge is -2.37. The van der Waals surface area contributed by atoms with E-state index in [1.807, 2.05) is 26.0 Å². The quantitative estimate of drug-likeness (QED) is 0.635. The molecule has 0 aromatic heterocycles. The van der Waals surface area contributed by atoms with Gasteiger partial charge in [-0.05, 0) is 69.8 Å². The summed E-state index contributed by atoms with van der Waals surface area (Å²) in [5.41, 5.74) is 1.68. The third-order valence-corrected chi connectivity index (χ3v) is 5.84. The summed E-state index contributed by atoms with van der Waals surface area (Å²) in [5.74, 6) is -0.147. The van der Waals surface area contributed by atoms with Crippen molar-refractivity contribution in [1.82, 2.24) is 20.9 Å². The highest BCUT2D eigenvalue weighted by molar-refractivity contribution is 7.80. The van der Waals surface area contributed by atoms with Crippen LogP contribution in [0.2, 0.25) is 0 Å². The lowest BCUT2D eigenvalue weighted by molar-refractivity contribution is -0.124. The smallest absolute Gasteiger partial charge is 0.251 e. The standard InChI is InChI=1S/C21H30N4O2S/c1-3-22-21(28)25-12-10-15(11-13-25)18(20(27)23-17-8-9-17)24-19(26)16-6-4-14(2)5-7-16/h4-7,15,17-18H,3,8-13H2,1-2H3,(H,22,28)(H,23,27)(H,24,26)/t18-/m0/s1. The van der Waals surface area contributed by atoms with Crippen LogP contribution in [0.4, 0.5) is 0 Å². The van der Waals surface area contributed by atoms with E-state index in [0.29, 0.717) is 5.56 Å². The SMILES string of the molecule is CCNC(=S)N1CCC([C@H](NC(=O)c2ccc(C)cc2)C(=O)NC2CC2)CC1. The van der Waals surface area contributed by atoms with Gasteiger partial charge in [-0.25, -0.2) is 0 Å². The number of thiocarbonyl (C=S) groups is 1. The van der Waals surface area contributed by atoms with E-state index in [4.69, 9.17) is 12.2 Å². The summed E-state index contributed by atoms with van der Waals surface area (Å²) in [5, 5.41) is 10.0. The second-order valence-corrected chi connectivity index (χ2v) is 8.15. The van der Waals surface area contributed by atoms with Crippen molar-refractivity contribution < 1.29 is 9.59 Å². The topological polar surface area (TPSA) is 73.5 Å². The number of benzene rings is 1. The van der Waals surface area contributed by atoms with Gasteiger partial charge in [-0.1, -0.05) is 17.7 Å². The van der Waals surface area contributed by atoms with Gasteiger partial charge in [-0.3, -0.25) is 9.59 Å². The maximum absolute atomic E-state index is 12.9.